The highest BCUT2D eigenvalue weighted by Gasteiger charge is 2.20. The first kappa shape index (κ1) is 17.0. The molecular formula is C13H18ClN3O4S. The predicted octanol–water partition coefficient (Wildman–Crippen LogP) is 0.441. The molecule has 7 nitrogen and oxygen atoms in total. The average Bonchev–Trinajstić information content (AvgIpc) is 3.06. The lowest BCUT2D eigenvalue weighted by molar-refractivity contribution is 0.526. The fourth-order valence-electron chi connectivity index (χ4n) is 2.48. The van der Waals surface area contributed by atoms with E-state index in [-0.39, 0.29) is 22.9 Å². The van der Waals surface area contributed by atoms with E-state index in [2.05, 4.69) is 10.0 Å². The van der Waals surface area contributed by atoms with E-state index in [1.807, 2.05) is 0 Å². The van der Waals surface area contributed by atoms with Gasteiger partial charge in [0.1, 0.15) is 0 Å². The van der Waals surface area contributed by atoms with E-state index in [1.165, 1.54) is 16.7 Å². The first-order valence-corrected chi connectivity index (χ1v) is 8.25. The van der Waals surface area contributed by atoms with Crippen LogP contribution in [0.3, 0.4) is 0 Å². The van der Waals surface area contributed by atoms with Crippen molar-refractivity contribution in [1.29, 1.82) is 0 Å². The second-order valence-corrected chi connectivity index (χ2v) is 7.03. The smallest absolute Gasteiger partial charge is 0.408 e. The number of sulfonamides is 1. The maximum Gasteiger partial charge on any atom is 0.419 e. The zero-order valence-corrected chi connectivity index (χ0v) is 13.7. The molecule has 1 aliphatic heterocycles. The van der Waals surface area contributed by atoms with Crippen molar-refractivity contribution < 1.29 is 12.8 Å². The Labute approximate surface area is 134 Å². The van der Waals surface area contributed by atoms with Gasteiger partial charge in [0, 0.05) is 19.7 Å². The number of rotatable bonds is 4. The molecule has 0 aliphatic carbocycles. The first-order chi connectivity index (χ1) is 9.97. The Balaban J connectivity index is 0.00000176. The fraction of sp³-hybridized carbons (Fsp3) is 0.462. The van der Waals surface area contributed by atoms with E-state index in [1.54, 1.807) is 13.1 Å². The molecule has 122 valence electrons. The number of hydrogen-bond donors (Lipinski definition) is 2. The van der Waals surface area contributed by atoms with Crippen LogP contribution in [0.15, 0.2) is 32.3 Å². The minimum absolute atomic E-state index is 0. The van der Waals surface area contributed by atoms with Gasteiger partial charge in [-0.2, -0.15) is 0 Å². The SMILES string of the molecule is Cl.Cn1c(=O)oc2cc(S(=O)(=O)NCC3CCNC3)ccc21. The predicted molar refractivity (Wildman–Crippen MR) is 84.9 cm³/mol. The third-order valence-electron chi connectivity index (χ3n) is 3.80. The van der Waals surface area contributed by atoms with Crippen LogP contribution in [-0.2, 0) is 17.1 Å². The molecule has 0 bridgehead atoms. The van der Waals surface area contributed by atoms with Crippen molar-refractivity contribution in [3.8, 4) is 0 Å². The van der Waals surface area contributed by atoms with Crippen LogP contribution >= 0.6 is 12.4 Å². The van der Waals surface area contributed by atoms with Gasteiger partial charge >= 0.3 is 5.76 Å². The van der Waals surface area contributed by atoms with Crippen LogP contribution in [0.5, 0.6) is 0 Å². The second-order valence-electron chi connectivity index (χ2n) is 5.27. The summed E-state index contributed by atoms with van der Waals surface area (Å²) in [5.74, 6) is -0.192. The van der Waals surface area contributed by atoms with Crippen LogP contribution in [-0.4, -0.2) is 32.6 Å². The highest BCUT2D eigenvalue weighted by molar-refractivity contribution is 7.89. The zero-order chi connectivity index (χ0) is 15.0. The van der Waals surface area contributed by atoms with Crippen molar-refractivity contribution in [3.05, 3.63) is 28.7 Å². The topological polar surface area (TPSA) is 93.3 Å². The Morgan fingerprint density at radius 1 is 1.45 bits per heavy atom. The number of nitrogens with zero attached hydrogens (tertiary/aromatic N) is 1. The van der Waals surface area contributed by atoms with Crippen LogP contribution in [0.1, 0.15) is 6.42 Å². The lowest BCUT2D eigenvalue weighted by Crippen LogP contribution is -2.30. The van der Waals surface area contributed by atoms with Crippen LogP contribution in [0, 0.1) is 5.92 Å². The standard InChI is InChI=1S/C13H17N3O4S.ClH/c1-16-11-3-2-10(6-12(11)20-13(16)17)21(18,19)15-8-9-4-5-14-7-9;/h2-3,6,9,14-15H,4-5,7-8H2,1H3;1H. The molecule has 0 saturated carbocycles. The molecule has 2 heterocycles. The molecule has 22 heavy (non-hydrogen) atoms. The lowest BCUT2D eigenvalue weighted by atomic mass is 10.1. The number of oxazole rings is 1. The Morgan fingerprint density at radius 3 is 2.91 bits per heavy atom. The average molecular weight is 348 g/mol. The molecule has 9 heteroatoms. The summed E-state index contributed by atoms with van der Waals surface area (Å²) in [6, 6.07) is 4.43. The normalized spacial score (nSPS) is 18.5. The molecule has 1 unspecified atom stereocenters. The van der Waals surface area contributed by atoms with Gasteiger partial charge in [-0.25, -0.2) is 17.9 Å². The maximum atomic E-state index is 12.3. The van der Waals surface area contributed by atoms with Crippen LogP contribution in [0.2, 0.25) is 0 Å². The quantitative estimate of drug-likeness (QED) is 0.837. The number of aromatic nitrogens is 1. The third kappa shape index (κ3) is 3.19. The molecular weight excluding hydrogens is 330 g/mol. The molecule has 0 amide bonds. The molecule has 1 fully saturated rings. The van der Waals surface area contributed by atoms with Crippen molar-refractivity contribution >= 4 is 33.5 Å². The Bertz CT molecular complexity index is 821. The summed E-state index contributed by atoms with van der Waals surface area (Å²) in [5.41, 5.74) is 0.840. The molecule has 0 spiro atoms. The molecule has 1 aliphatic rings. The van der Waals surface area contributed by atoms with E-state index in [0.29, 0.717) is 18.0 Å². The van der Waals surface area contributed by atoms with Crippen molar-refractivity contribution in [2.45, 2.75) is 11.3 Å². The van der Waals surface area contributed by atoms with Crippen molar-refractivity contribution in [2.75, 3.05) is 19.6 Å². The number of fused-ring (bicyclic) bond motifs is 1. The number of benzene rings is 1. The molecule has 2 N–H and O–H groups in total. The Kier molecular flexibility index (Phi) is 4.96. The summed E-state index contributed by atoms with van der Waals surface area (Å²) in [6.45, 7) is 2.16. The molecule has 1 saturated heterocycles. The summed E-state index contributed by atoms with van der Waals surface area (Å²) in [7, 11) is -2.01. The first-order valence-electron chi connectivity index (χ1n) is 6.77. The largest absolute Gasteiger partial charge is 0.419 e. The van der Waals surface area contributed by atoms with Gasteiger partial charge in [-0.1, -0.05) is 0 Å². The highest BCUT2D eigenvalue weighted by Crippen LogP contribution is 2.18. The number of halogens is 1. The molecule has 2 aromatic rings. The van der Waals surface area contributed by atoms with E-state index in [9.17, 15) is 13.2 Å². The van der Waals surface area contributed by atoms with Gasteiger partial charge in [0.25, 0.3) is 0 Å². The van der Waals surface area contributed by atoms with Crippen LogP contribution < -0.4 is 15.8 Å². The van der Waals surface area contributed by atoms with Crippen molar-refractivity contribution in [3.63, 3.8) is 0 Å². The Morgan fingerprint density at radius 2 is 2.23 bits per heavy atom. The second kappa shape index (κ2) is 6.41. The van der Waals surface area contributed by atoms with E-state index < -0.39 is 15.8 Å². The molecule has 3 rings (SSSR count). The molecule has 0 radical (unpaired) electrons. The fourth-order valence-corrected chi connectivity index (χ4v) is 3.61. The van der Waals surface area contributed by atoms with Gasteiger partial charge < -0.3 is 9.73 Å². The Hall–Kier alpha value is -1.35. The van der Waals surface area contributed by atoms with Crippen molar-refractivity contribution in [2.24, 2.45) is 13.0 Å². The summed E-state index contributed by atoms with van der Waals surface area (Å²) in [4.78, 5) is 11.5. The number of hydrogen-bond acceptors (Lipinski definition) is 5. The maximum absolute atomic E-state index is 12.3. The van der Waals surface area contributed by atoms with E-state index >= 15 is 0 Å². The minimum atomic E-state index is -3.59. The van der Waals surface area contributed by atoms with Gasteiger partial charge in [-0.15, -0.1) is 12.4 Å². The zero-order valence-electron chi connectivity index (χ0n) is 12.0. The third-order valence-corrected chi connectivity index (χ3v) is 5.22. The highest BCUT2D eigenvalue weighted by atomic mass is 35.5. The molecule has 1 aromatic carbocycles. The van der Waals surface area contributed by atoms with E-state index in [0.717, 1.165) is 19.5 Å². The number of nitrogens with one attached hydrogen (secondary N) is 2. The van der Waals surface area contributed by atoms with E-state index in [4.69, 9.17) is 4.42 Å². The van der Waals surface area contributed by atoms with Crippen molar-refractivity contribution in [1.82, 2.24) is 14.6 Å². The minimum Gasteiger partial charge on any atom is -0.408 e. The molecule has 1 aromatic heterocycles. The van der Waals surface area contributed by atoms with Gasteiger partial charge in [-0.3, -0.25) is 4.57 Å². The van der Waals surface area contributed by atoms with Gasteiger partial charge in [0.05, 0.1) is 10.4 Å². The monoisotopic (exact) mass is 347 g/mol. The van der Waals surface area contributed by atoms with Crippen LogP contribution in [0.4, 0.5) is 0 Å². The summed E-state index contributed by atoms with van der Waals surface area (Å²) < 4.78 is 33.5. The molecule has 1 atom stereocenters. The van der Waals surface area contributed by atoms with Gasteiger partial charge in [0.15, 0.2) is 5.58 Å². The van der Waals surface area contributed by atoms with Gasteiger partial charge in [-0.05, 0) is 37.6 Å². The lowest BCUT2D eigenvalue weighted by Gasteiger charge is -2.10. The summed E-state index contributed by atoms with van der Waals surface area (Å²) in [5, 5.41) is 3.19. The summed E-state index contributed by atoms with van der Waals surface area (Å²) >= 11 is 0. The van der Waals surface area contributed by atoms with Crippen LogP contribution in [0.25, 0.3) is 11.1 Å². The number of aryl methyl sites for hydroxylation is 1. The van der Waals surface area contributed by atoms with Gasteiger partial charge in [0.2, 0.25) is 10.0 Å². The summed E-state index contributed by atoms with van der Waals surface area (Å²) in [6.07, 6.45) is 0.967.